The van der Waals surface area contributed by atoms with Crippen LogP contribution in [-0.2, 0) is 0 Å². The molecule has 0 radical (unpaired) electrons. The Morgan fingerprint density at radius 2 is 2.28 bits per heavy atom. The van der Waals surface area contributed by atoms with Crippen LogP contribution in [0.25, 0.3) is 0 Å². The molecule has 0 heterocycles. The number of aliphatic hydroxyl groups is 1. The van der Waals surface area contributed by atoms with E-state index in [1.54, 1.807) is 0 Å². The first-order valence-corrected chi connectivity index (χ1v) is 6.02. The van der Waals surface area contributed by atoms with Crippen molar-refractivity contribution >= 4 is 11.6 Å². The van der Waals surface area contributed by atoms with Crippen LogP contribution < -0.4 is 11.1 Å². The highest BCUT2D eigenvalue weighted by Crippen LogP contribution is 2.13. The number of nitrogens with one attached hydrogen (secondary N) is 1. The van der Waals surface area contributed by atoms with Gasteiger partial charge in [-0.25, -0.2) is 4.39 Å². The van der Waals surface area contributed by atoms with Crippen molar-refractivity contribution < 1.29 is 14.3 Å². The second kappa shape index (κ2) is 6.96. The fourth-order valence-corrected chi connectivity index (χ4v) is 1.71. The number of hydrogen-bond donors (Lipinski definition) is 3. The van der Waals surface area contributed by atoms with Crippen molar-refractivity contribution in [3.63, 3.8) is 0 Å². The fourth-order valence-electron chi connectivity index (χ4n) is 1.71. The van der Waals surface area contributed by atoms with Crippen molar-refractivity contribution in [3.05, 3.63) is 29.6 Å². The first-order chi connectivity index (χ1) is 8.58. The van der Waals surface area contributed by atoms with Gasteiger partial charge in [0.1, 0.15) is 5.82 Å². The van der Waals surface area contributed by atoms with Crippen LogP contribution in [0, 0.1) is 11.7 Å². The van der Waals surface area contributed by atoms with E-state index in [2.05, 4.69) is 5.32 Å². The standard InChI is InChI=1S/C13H19FN2O2/c1-2-9(5-6-17)8-16-13(18)11-4-3-10(14)7-12(11)15/h3-4,7,9,17H,2,5-6,8,15H2,1H3,(H,16,18). The Labute approximate surface area is 106 Å². The van der Waals surface area contributed by atoms with E-state index in [1.165, 1.54) is 12.1 Å². The zero-order valence-corrected chi connectivity index (χ0v) is 10.4. The minimum absolute atomic E-state index is 0.104. The molecule has 18 heavy (non-hydrogen) atoms. The normalized spacial score (nSPS) is 12.2. The van der Waals surface area contributed by atoms with Gasteiger partial charge in [0.05, 0.1) is 5.56 Å². The molecule has 1 rings (SSSR count). The Kier molecular flexibility index (Phi) is 5.58. The number of aliphatic hydroxyl groups excluding tert-OH is 1. The van der Waals surface area contributed by atoms with Gasteiger partial charge in [-0.3, -0.25) is 4.79 Å². The summed E-state index contributed by atoms with van der Waals surface area (Å²) in [5.74, 6) is -0.541. The van der Waals surface area contributed by atoms with Crippen LogP contribution in [0.5, 0.6) is 0 Å². The number of rotatable bonds is 6. The molecule has 5 heteroatoms. The molecule has 0 saturated heterocycles. The molecule has 100 valence electrons. The number of carbonyl (C=O) groups excluding carboxylic acids is 1. The zero-order chi connectivity index (χ0) is 13.5. The van der Waals surface area contributed by atoms with E-state index >= 15 is 0 Å². The van der Waals surface area contributed by atoms with Crippen LogP contribution in [0.4, 0.5) is 10.1 Å². The van der Waals surface area contributed by atoms with Gasteiger partial charge in [0, 0.05) is 18.8 Å². The number of benzene rings is 1. The number of hydrogen-bond acceptors (Lipinski definition) is 3. The quantitative estimate of drug-likeness (QED) is 0.674. The van der Waals surface area contributed by atoms with Crippen LogP contribution in [-0.4, -0.2) is 24.2 Å². The Morgan fingerprint density at radius 3 is 2.83 bits per heavy atom. The third kappa shape index (κ3) is 4.00. The summed E-state index contributed by atoms with van der Waals surface area (Å²) >= 11 is 0. The van der Waals surface area contributed by atoms with Crippen molar-refractivity contribution in [2.24, 2.45) is 5.92 Å². The first-order valence-electron chi connectivity index (χ1n) is 6.02. The highest BCUT2D eigenvalue weighted by atomic mass is 19.1. The lowest BCUT2D eigenvalue weighted by Crippen LogP contribution is -2.30. The summed E-state index contributed by atoms with van der Waals surface area (Å²) in [7, 11) is 0. The molecule has 1 unspecified atom stereocenters. The van der Waals surface area contributed by atoms with Crippen LogP contribution >= 0.6 is 0 Å². The number of anilines is 1. The highest BCUT2D eigenvalue weighted by Gasteiger charge is 2.12. The molecule has 1 aromatic carbocycles. The van der Waals surface area contributed by atoms with Crippen LogP contribution in [0.1, 0.15) is 30.1 Å². The van der Waals surface area contributed by atoms with Crippen molar-refractivity contribution in [2.45, 2.75) is 19.8 Å². The topological polar surface area (TPSA) is 75.3 Å². The zero-order valence-electron chi connectivity index (χ0n) is 10.4. The molecule has 0 fully saturated rings. The third-order valence-corrected chi connectivity index (χ3v) is 2.92. The summed E-state index contributed by atoms with van der Waals surface area (Å²) in [5.41, 5.74) is 5.98. The van der Waals surface area contributed by atoms with Crippen molar-refractivity contribution in [3.8, 4) is 0 Å². The maximum Gasteiger partial charge on any atom is 0.253 e. The van der Waals surface area contributed by atoms with Gasteiger partial charge in [0.2, 0.25) is 0 Å². The number of halogens is 1. The predicted molar refractivity (Wildman–Crippen MR) is 68.6 cm³/mol. The lowest BCUT2D eigenvalue weighted by Gasteiger charge is -2.14. The molecule has 0 saturated carbocycles. The Bertz CT molecular complexity index is 410. The lowest BCUT2D eigenvalue weighted by molar-refractivity contribution is 0.0944. The van der Waals surface area contributed by atoms with Gasteiger partial charge < -0.3 is 16.2 Å². The van der Waals surface area contributed by atoms with Crippen molar-refractivity contribution in [2.75, 3.05) is 18.9 Å². The average Bonchev–Trinajstić information content (AvgIpc) is 2.34. The third-order valence-electron chi connectivity index (χ3n) is 2.92. The molecule has 0 aliphatic rings. The maximum atomic E-state index is 12.8. The highest BCUT2D eigenvalue weighted by molar-refractivity contribution is 5.99. The summed E-state index contributed by atoms with van der Waals surface area (Å²) in [5, 5.41) is 11.6. The fraction of sp³-hybridized carbons (Fsp3) is 0.462. The molecule has 4 N–H and O–H groups in total. The summed E-state index contributed by atoms with van der Waals surface area (Å²) < 4.78 is 12.8. The summed E-state index contributed by atoms with van der Waals surface area (Å²) in [6, 6.07) is 3.70. The minimum atomic E-state index is -0.462. The molecule has 0 aromatic heterocycles. The minimum Gasteiger partial charge on any atom is -0.398 e. The monoisotopic (exact) mass is 254 g/mol. The van der Waals surface area contributed by atoms with E-state index in [0.29, 0.717) is 13.0 Å². The van der Waals surface area contributed by atoms with Gasteiger partial charge >= 0.3 is 0 Å². The van der Waals surface area contributed by atoms with E-state index in [-0.39, 0.29) is 29.7 Å². The molecule has 0 aliphatic heterocycles. The summed E-state index contributed by atoms with van der Waals surface area (Å²) in [6.07, 6.45) is 1.52. The Balaban J connectivity index is 2.59. The molecule has 4 nitrogen and oxygen atoms in total. The van der Waals surface area contributed by atoms with Crippen molar-refractivity contribution in [1.29, 1.82) is 0 Å². The summed E-state index contributed by atoms with van der Waals surface area (Å²) in [4.78, 5) is 11.8. The smallest absolute Gasteiger partial charge is 0.253 e. The number of nitrogens with two attached hydrogens (primary N) is 1. The van der Waals surface area contributed by atoms with Gasteiger partial charge in [-0.1, -0.05) is 13.3 Å². The van der Waals surface area contributed by atoms with E-state index in [9.17, 15) is 9.18 Å². The van der Waals surface area contributed by atoms with E-state index in [0.717, 1.165) is 12.5 Å². The van der Waals surface area contributed by atoms with E-state index in [1.807, 2.05) is 6.92 Å². The van der Waals surface area contributed by atoms with Gasteiger partial charge in [-0.15, -0.1) is 0 Å². The van der Waals surface area contributed by atoms with E-state index < -0.39 is 5.82 Å². The molecule has 1 amide bonds. The molecule has 0 bridgehead atoms. The Morgan fingerprint density at radius 1 is 1.56 bits per heavy atom. The van der Waals surface area contributed by atoms with Crippen LogP contribution in [0.15, 0.2) is 18.2 Å². The number of amides is 1. The SMILES string of the molecule is CCC(CCO)CNC(=O)c1ccc(F)cc1N. The van der Waals surface area contributed by atoms with Crippen LogP contribution in [0.3, 0.4) is 0 Å². The number of carbonyl (C=O) groups is 1. The molecule has 1 aromatic rings. The molecular weight excluding hydrogens is 235 g/mol. The maximum absolute atomic E-state index is 12.8. The second-order valence-electron chi connectivity index (χ2n) is 4.23. The van der Waals surface area contributed by atoms with Gasteiger partial charge in [-0.2, -0.15) is 0 Å². The van der Waals surface area contributed by atoms with Gasteiger partial charge in [-0.05, 0) is 30.5 Å². The summed E-state index contributed by atoms with van der Waals surface area (Å²) in [6.45, 7) is 2.58. The van der Waals surface area contributed by atoms with Gasteiger partial charge in [0.15, 0.2) is 0 Å². The Hall–Kier alpha value is -1.62. The van der Waals surface area contributed by atoms with E-state index in [4.69, 9.17) is 10.8 Å². The molecule has 0 spiro atoms. The molecule has 0 aliphatic carbocycles. The predicted octanol–water partition coefficient (Wildman–Crippen LogP) is 1.55. The number of nitrogen functional groups attached to an aromatic ring is 1. The average molecular weight is 254 g/mol. The molecular formula is C13H19FN2O2. The lowest BCUT2D eigenvalue weighted by atomic mass is 10.0. The first kappa shape index (κ1) is 14.4. The second-order valence-corrected chi connectivity index (χ2v) is 4.23. The largest absolute Gasteiger partial charge is 0.398 e. The van der Waals surface area contributed by atoms with Gasteiger partial charge in [0.25, 0.3) is 5.91 Å². The van der Waals surface area contributed by atoms with Crippen molar-refractivity contribution in [1.82, 2.24) is 5.32 Å². The molecule has 1 atom stereocenters. The van der Waals surface area contributed by atoms with Crippen LogP contribution in [0.2, 0.25) is 0 Å².